The van der Waals surface area contributed by atoms with E-state index >= 15 is 0 Å². The summed E-state index contributed by atoms with van der Waals surface area (Å²) in [7, 11) is 0. The molecular weight excluding hydrogens is 293 g/mol. The summed E-state index contributed by atoms with van der Waals surface area (Å²) in [6.45, 7) is 3.27. The van der Waals surface area contributed by atoms with Gasteiger partial charge in [0.05, 0.1) is 6.61 Å². The third-order valence-corrected chi connectivity index (χ3v) is 3.47. The minimum atomic E-state index is -0.257. The Morgan fingerprint density at radius 3 is 2.65 bits per heavy atom. The van der Waals surface area contributed by atoms with E-state index in [-0.39, 0.29) is 11.7 Å². The van der Waals surface area contributed by atoms with Gasteiger partial charge in [0.2, 0.25) is 0 Å². The number of halogens is 1. The Morgan fingerprint density at radius 2 is 1.96 bits per heavy atom. The van der Waals surface area contributed by atoms with E-state index in [1.54, 1.807) is 30.3 Å². The zero-order chi connectivity index (χ0) is 16.5. The quantitative estimate of drug-likeness (QED) is 0.748. The van der Waals surface area contributed by atoms with Crippen molar-refractivity contribution in [2.75, 3.05) is 13.2 Å². The first-order valence-corrected chi connectivity index (χ1v) is 7.94. The molecule has 0 bridgehead atoms. The Balaban J connectivity index is 1.79. The maximum atomic E-state index is 13.1. The van der Waals surface area contributed by atoms with E-state index in [0.29, 0.717) is 25.1 Å². The highest BCUT2D eigenvalue weighted by molar-refractivity contribution is 5.94. The average molecular weight is 315 g/mol. The number of hydrogen-bond acceptors (Lipinski definition) is 2. The van der Waals surface area contributed by atoms with Crippen LogP contribution < -0.4 is 10.1 Å². The number of benzene rings is 2. The van der Waals surface area contributed by atoms with Gasteiger partial charge in [-0.2, -0.15) is 0 Å². The normalized spacial score (nSPS) is 10.3. The topological polar surface area (TPSA) is 38.3 Å². The second-order valence-electron chi connectivity index (χ2n) is 5.36. The molecule has 0 saturated carbocycles. The first kappa shape index (κ1) is 17.0. The van der Waals surface area contributed by atoms with Crippen molar-refractivity contribution in [1.29, 1.82) is 0 Å². The zero-order valence-electron chi connectivity index (χ0n) is 13.3. The molecule has 0 aliphatic carbocycles. The van der Waals surface area contributed by atoms with Gasteiger partial charge in [-0.15, -0.1) is 0 Å². The lowest BCUT2D eigenvalue weighted by Gasteiger charge is -2.08. The van der Waals surface area contributed by atoms with Crippen molar-refractivity contribution in [3.8, 4) is 5.75 Å². The van der Waals surface area contributed by atoms with Crippen LogP contribution in [-0.2, 0) is 6.42 Å². The van der Waals surface area contributed by atoms with Crippen molar-refractivity contribution in [2.45, 2.75) is 26.2 Å². The SMILES string of the molecule is CCCCOc1ccc(C(=O)NCCc2cccc(F)c2)cc1. The van der Waals surface area contributed by atoms with Crippen LogP contribution in [0, 0.1) is 5.82 Å². The van der Waals surface area contributed by atoms with E-state index in [1.807, 2.05) is 6.07 Å². The molecule has 3 nitrogen and oxygen atoms in total. The molecule has 1 N–H and O–H groups in total. The first-order valence-electron chi connectivity index (χ1n) is 7.94. The minimum absolute atomic E-state index is 0.137. The lowest BCUT2D eigenvalue weighted by molar-refractivity contribution is 0.0954. The van der Waals surface area contributed by atoms with Gasteiger partial charge in [-0.1, -0.05) is 25.5 Å². The van der Waals surface area contributed by atoms with E-state index < -0.39 is 0 Å². The monoisotopic (exact) mass is 315 g/mol. The Kier molecular flexibility index (Phi) is 6.60. The Hall–Kier alpha value is -2.36. The third-order valence-electron chi connectivity index (χ3n) is 3.47. The van der Waals surface area contributed by atoms with Crippen molar-refractivity contribution in [3.63, 3.8) is 0 Å². The summed E-state index contributed by atoms with van der Waals surface area (Å²) in [6.07, 6.45) is 2.70. The second-order valence-corrected chi connectivity index (χ2v) is 5.36. The second kappa shape index (κ2) is 8.93. The summed E-state index contributed by atoms with van der Waals surface area (Å²) in [5, 5.41) is 2.84. The smallest absolute Gasteiger partial charge is 0.251 e. The summed E-state index contributed by atoms with van der Waals surface area (Å²) >= 11 is 0. The van der Waals surface area contributed by atoms with Crippen LogP contribution in [0.2, 0.25) is 0 Å². The van der Waals surface area contributed by atoms with Gasteiger partial charge in [0.1, 0.15) is 11.6 Å². The molecule has 2 aromatic carbocycles. The third kappa shape index (κ3) is 5.74. The van der Waals surface area contributed by atoms with Crippen LogP contribution in [0.15, 0.2) is 48.5 Å². The van der Waals surface area contributed by atoms with E-state index in [2.05, 4.69) is 12.2 Å². The van der Waals surface area contributed by atoms with Gasteiger partial charge in [-0.25, -0.2) is 4.39 Å². The highest BCUT2D eigenvalue weighted by Gasteiger charge is 2.05. The molecule has 0 unspecified atom stereocenters. The van der Waals surface area contributed by atoms with E-state index in [4.69, 9.17) is 4.74 Å². The van der Waals surface area contributed by atoms with Crippen LogP contribution >= 0.6 is 0 Å². The van der Waals surface area contributed by atoms with Crippen LogP contribution in [0.4, 0.5) is 4.39 Å². The minimum Gasteiger partial charge on any atom is -0.494 e. The number of ether oxygens (including phenoxy) is 1. The lowest BCUT2D eigenvalue weighted by atomic mass is 10.1. The maximum Gasteiger partial charge on any atom is 0.251 e. The van der Waals surface area contributed by atoms with Gasteiger partial charge >= 0.3 is 0 Å². The van der Waals surface area contributed by atoms with Crippen molar-refractivity contribution in [1.82, 2.24) is 5.32 Å². The van der Waals surface area contributed by atoms with Gasteiger partial charge in [0.25, 0.3) is 5.91 Å². The predicted octanol–water partition coefficient (Wildman–Crippen LogP) is 3.98. The fraction of sp³-hybridized carbons (Fsp3) is 0.316. The number of unbranched alkanes of at least 4 members (excludes halogenated alkanes) is 1. The molecule has 2 rings (SSSR count). The summed E-state index contributed by atoms with van der Waals surface area (Å²) in [4.78, 5) is 12.0. The summed E-state index contributed by atoms with van der Waals surface area (Å²) in [6, 6.07) is 13.5. The molecule has 0 aliphatic heterocycles. The van der Waals surface area contributed by atoms with Crippen molar-refractivity contribution in [2.24, 2.45) is 0 Å². The van der Waals surface area contributed by atoms with Gasteiger partial charge in [-0.3, -0.25) is 4.79 Å². The number of hydrogen-bond donors (Lipinski definition) is 1. The maximum absolute atomic E-state index is 13.1. The highest BCUT2D eigenvalue weighted by Crippen LogP contribution is 2.12. The molecule has 0 heterocycles. The first-order chi connectivity index (χ1) is 11.2. The summed E-state index contributed by atoms with van der Waals surface area (Å²) in [5.74, 6) is 0.378. The van der Waals surface area contributed by atoms with Crippen LogP contribution in [0.5, 0.6) is 5.75 Å². The Morgan fingerprint density at radius 1 is 1.17 bits per heavy atom. The molecule has 122 valence electrons. The predicted molar refractivity (Wildman–Crippen MR) is 89.3 cm³/mol. The molecule has 0 aliphatic rings. The molecular formula is C19H22FNO2. The van der Waals surface area contributed by atoms with E-state index in [9.17, 15) is 9.18 Å². The van der Waals surface area contributed by atoms with Crippen molar-refractivity contribution in [3.05, 3.63) is 65.5 Å². The number of carbonyl (C=O) groups is 1. The number of carbonyl (C=O) groups excluding carboxylic acids is 1. The standard InChI is InChI=1S/C19H22FNO2/c1-2-3-13-23-18-9-7-16(8-10-18)19(22)21-12-11-15-5-4-6-17(20)14-15/h4-10,14H,2-3,11-13H2,1H3,(H,21,22). The average Bonchev–Trinajstić information content (AvgIpc) is 2.56. The molecule has 0 fully saturated rings. The lowest BCUT2D eigenvalue weighted by Crippen LogP contribution is -2.25. The number of rotatable bonds is 8. The molecule has 0 radical (unpaired) electrons. The Bertz CT molecular complexity index is 626. The van der Waals surface area contributed by atoms with Crippen LogP contribution in [-0.4, -0.2) is 19.1 Å². The number of amides is 1. The van der Waals surface area contributed by atoms with Crippen LogP contribution in [0.3, 0.4) is 0 Å². The van der Waals surface area contributed by atoms with Gasteiger partial charge < -0.3 is 10.1 Å². The Labute approximate surface area is 136 Å². The molecule has 0 saturated heterocycles. The van der Waals surface area contributed by atoms with Gasteiger partial charge in [-0.05, 0) is 54.8 Å². The molecule has 23 heavy (non-hydrogen) atoms. The molecule has 2 aromatic rings. The zero-order valence-corrected chi connectivity index (χ0v) is 13.3. The summed E-state index contributed by atoms with van der Waals surface area (Å²) < 4.78 is 18.6. The summed E-state index contributed by atoms with van der Waals surface area (Å²) in [5.41, 5.74) is 1.46. The molecule has 0 spiro atoms. The highest BCUT2D eigenvalue weighted by atomic mass is 19.1. The molecule has 4 heteroatoms. The molecule has 0 aromatic heterocycles. The fourth-order valence-electron chi connectivity index (χ4n) is 2.15. The largest absolute Gasteiger partial charge is 0.494 e. The number of nitrogens with one attached hydrogen (secondary N) is 1. The van der Waals surface area contributed by atoms with Crippen molar-refractivity contribution < 1.29 is 13.9 Å². The molecule has 1 amide bonds. The van der Waals surface area contributed by atoms with Gasteiger partial charge in [0, 0.05) is 12.1 Å². The van der Waals surface area contributed by atoms with E-state index in [0.717, 1.165) is 24.2 Å². The molecule has 0 atom stereocenters. The van der Waals surface area contributed by atoms with Crippen molar-refractivity contribution >= 4 is 5.91 Å². The van der Waals surface area contributed by atoms with E-state index in [1.165, 1.54) is 12.1 Å². The van der Waals surface area contributed by atoms with Crippen LogP contribution in [0.1, 0.15) is 35.7 Å². The fourth-order valence-corrected chi connectivity index (χ4v) is 2.15. The van der Waals surface area contributed by atoms with Gasteiger partial charge in [0.15, 0.2) is 0 Å². The van der Waals surface area contributed by atoms with Crippen LogP contribution in [0.25, 0.3) is 0 Å².